The molecule has 0 spiro atoms. The minimum Gasteiger partial charge on any atom is -0.383 e. The van der Waals surface area contributed by atoms with Crippen molar-refractivity contribution in [2.24, 2.45) is 11.7 Å². The molecule has 1 atom stereocenters. The van der Waals surface area contributed by atoms with Gasteiger partial charge in [0.25, 0.3) is 0 Å². The molecule has 0 fully saturated rings. The smallest absolute Gasteiger partial charge is 0.0949 e. The van der Waals surface area contributed by atoms with Crippen molar-refractivity contribution < 1.29 is 4.74 Å². The summed E-state index contributed by atoms with van der Waals surface area (Å²) >= 11 is 0. The van der Waals surface area contributed by atoms with E-state index in [2.05, 4.69) is 35.3 Å². The maximum absolute atomic E-state index is 6.23. The number of hydrogen-bond donors (Lipinski definition) is 1. The molecule has 0 aliphatic rings. The Morgan fingerprint density at radius 1 is 1.42 bits per heavy atom. The Labute approximate surface area is 116 Å². The van der Waals surface area contributed by atoms with Crippen molar-refractivity contribution in [3.63, 3.8) is 0 Å². The maximum Gasteiger partial charge on any atom is 0.0949 e. The van der Waals surface area contributed by atoms with E-state index < -0.39 is 0 Å². The molecular formula is C14H28N4O. The number of likely N-dealkylation sites (N-methyl/N-ethyl adjacent to an activating group) is 1. The van der Waals surface area contributed by atoms with Gasteiger partial charge in [-0.15, -0.1) is 0 Å². The summed E-state index contributed by atoms with van der Waals surface area (Å²) in [6, 6.07) is 0.0757. The lowest BCUT2D eigenvalue weighted by atomic mass is 10.0. The second-order valence-electron chi connectivity index (χ2n) is 5.54. The number of aromatic nitrogens is 2. The molecule has 1 aromatic heterocycles. The zero-order chi connectivity index (χ0) is 14.3. The fourth-order valence-corrected chi connectivity index (χ4v) is 2.09. The van der Waals surface area contributed by atoms with E-state index in [9.17, 15) is 0 Å². The second-order valence-corrected chi connectivity index (χ2v) is 5.54. The van der Waals surface area contributed by atoms with Crippen LogP contribution in [0.15, 0.2) is 12.5 Å². The Kier molecular flexibility index (Phi) is 7.05. The minimum absolute atomic E-state index is 0.0757. The van der Waals surface area contributed by atoms with Crippen LogP contribution >= 0.6 is 0 Å². The van der Waals surface area contributed by atoms with Crippen LogP contribution in [0.5, 0.6) is 0 Å². The van der Waals surface area contributed by atoms with Crippen molar-refractivity contribution in [2.45, 2.75) is 32.9 Å². The van der Waals surface area contributed by atoms with Gasteiger partial charge < -0.3 is 19.9 Å². The molecule has 5 heteroatoms. The average Bonchev–Trinajstić information content (AvgIpc) is 2.81. The predicted molar refractivity (Wildman–Crippen MR) is 78.0 cm³/mol. The fourth-order valence-electron chi connectivity index (χ4n) is 2.09. The first kappa shape index (κ1) is 16.1. The zero-order valence-electron chi connectivity index (χ0n) is 12.7. The van der Waals surface area contributed by atoms with Crippen LogP contribution in [0, 0.1) is 5.92 Å². The van der Waals surface area contributed by atoms with Crippen molar-refractivity contribution in [1.82, 2.24) is 14.5 Å². The Hall–Kier alpha value is -0.910. The van der Waals surface area contributed by atoms with Crippen LogP contribution in [-0.2, 0) is 11.3 Å². The van der Waals surface area contributed by atoms with E-state index in [1.165, 1.54) is 0 Å². The molecule has 0 bridgehead atoms. The summed E-state index contributed by atoms with van der Waals surface area (Å²) in [4.78, 5) is 6.48. The normalized spacial score (nSPS) is 13.4. The lowest BCUT2D eigenvalue weighted by Crippen LogP contribution is -2.28. The Bertz CT molecular complexity index is 351. The van der Waals surface area contributed by atoms with Crippen LogP contribution in [0.2, 0.25) is 0 Å². The Morgan fingerprint density at radius 3 is 2.79 bits per heavy atom. The highest BCUT2D eigenvalue weighted by molar-refractivity contribution is 5.04. The van der Waals surface area contributed by atoms with Crippen LogP contribution < -0.4 is 5.73 Å². The van der Waals surface area contributed by atoms with E-state index in [0.717, 1.165) is 38.4 Å². The summed E-state index contributed by atoms with van der Waals surface area (Å²) in [5.41, 5.74) is 7.37. The monoisotopic (exact) mass is 268 g/mol. The first-order valence-electron chi connectivity index (χ1n) is 6.97. The third-order valence-corrected chi connectivity index (χ3v) is 3.25. The fraction of sp³-hybridized carbons (Fsp3) is 0.786. The summed E-state index contributed by atoms with van der Waals surface area (Å²) in [6.45, 7) is 7.99. The molecular weight excluding hydrogens is 240 g/mol. The lowest BCUT2D eigenvalue weighted by Gasteiger charge is -2.19. The summed E-state index contributed by atoms with van der Waals surface area (Å²) in [5.74, 6) is 0.600. The first-order chi connectivity index (χ1) is 9.04. The molecule has 19 heavy (non-hydrogen) atoms. The molecule has 1 unspecified atom stereocenters. The van der Waals surface area contributed by atoms with E-state index >= 15 is 0 Å². The number of hydrogen-bond acceptors (Lipinski definition) is 4. The topological polar surface area (TPSA) is 56.3 Å². The first-order valence-corrected chi connectivity index (χ1v) is 6.97. The molecule has 0 aliphatic heterocycles. The summed E-state index contributed by atoms with van der Waals surface area (Å²) in [7, 11) is 3.83. The van der Waals surface area contributed by atoms with Gasteiger partial charge in [0.05, 0.1) is 18.6 Å². The van der Waals surface area contributed by atoms with E-state index in [4.69, 9.17) is 10.5 Å². The van der Waals surface area contributed by atoms with Gasteiger partial charge in [0.1, 0.15) is 0 Å². The van der Waals surface area contributed by atoms with E-state index in [-0.39, 0.29) is 6.04 Å². The highest BCUT2D eigenvalue weighted by Gasteiger charge is 2.13. The third kappa shape index (κ3) is 5.72. The molecule has 1 heterocycles. The molecule has 5 nitrogen and oxygen atoms in total. The van der Waals surface area contributed by atoms with Gasteiger partial charge in [0.15, 0.2) is 0 Å². The van der Waals surface area contributed by atoms with Gasteiger partial charge in [0, 0.05) is 39.0 Å². The van der Waals surface area contributed by atoms with Gasteiger partial charge in [0.2, 0.25) is 0 Å². The molecule has 0 radical (unpaired) electrons. The summed E-state index contributed by atoms with van der Waals surface area (Å²) < 4.78 is 7.24. The lowest BCUT2D eigenvalue weighted by molar-refractivity contribution is 0.159. The van der Waals surface area contributed by atoms with Crippen LogP contribution in [0.25, 0.3) is 0 Å². The van der Waals surface area contributed by atoms with Crippen LogP contribution in [0.1, 0.15) is 32.0 Å². The maximum atomic E-state index is 6.23. The predicted octanol–water partition coefficient (Wildman–Crippen LogP) is 1.51. The largest absolute Gasteiger partial charge is 0.383 e. The quantitative estimate of drug-likeness (QED) is 0.737. The molecule has 0 saturated carbocycles. The van der Waals surface area contributed by atoms with E-state index in [0.29, 0.717) is 5.92 Å². The van der Waals surface area contributed by atoms with Crippen LogP contribution in [0.3, 0.4) is 0 Å². The third-order valence-electron chi connectivity index (χ3n) is 3.25. The number of nitrogens with two attached hydrogens (primary N) is 1. The molecule has 1 aromatic rings. The van der Waals surface area contributed by atoms with Gasteiger partial charge in [-0.3, -0.25) is 0 Å². The highest BCUT2D eigenvalue weighted by atomic mass is 16.5. The molecule has 2 N–H and O–H groups in total. The van der Waals surface area contributed by atoms with Crippen molar-refractivity contribution in [3.05, 3.63) is 18.2 Å². The second kappa shape index (κ2) is 8.30. The molecule has 0 aliphatic carbocycles. The van der Waals surface area contributed by atoms with Crippen molar-refractivity contribution >= 4 is 0 Å². The summed E-state index contributed by atoms with van der Waals surface area (Å²) in [5, 5.41) is 0. The van der Waals surface area contributed by atoms with E-state index in [1.54, 1.807) is 7.11 Å². The molecule has 0 saturated heterocycles. The van der Waals surface area contributed by atoms with Crippen LogP contribution in [0.4, 0.5) is 0 Å². The van der Waals surface area contributed by atoms with Gasteiger partial charge >= 0.3 is 0 Å². The van der Waals surface area contributed by atoms with Crippen molar-refractivity contribution in [1.29, 1.82) is 0 Å². The average molecular weight is 268 g/mol. The number of methoxy groups -OCH3 is 1. The molecule has 0 amide bonds. The highest BCUT2D eigenvalue weighted by Crippen LogP contribution is 2.18. The van der Waals surface area contributed by atoms with Crippen molar-refractivity contribution in [3.8, 4) is 0 Å². The summed E-state index contributed by atoms with van der Waals surface area (Å²) in [6.07, 6.45) is 4.76. The standard InChI is InChI=1S/C14H28N4O/c1-12(2)9-13(15)14-10-16-11-18(14)6-5-17(3)7-8-19-4/h10-13H,5-9,15H2,1-4H3. The van der Waals surface area contributed by atoms with Crippen LogP contribution in [-0.4, -0.2) is 48.3 Å². The van der Waals surface area contributed by atoms with Gasteiger partial charge in [-0.1, -0.05) is 13.8 Å². The number of nitrogens with zero attached hydrogens (tertiary/aromatic N) is 3. The molecule has 0 aromatic carbocycles. The van der Waals surface area contributed by atoms with Gasteiger partial charge in [-0.05, 0) is 19.4 Å². The molecule has 1 rings (SSSR count). The number of imidazole rings is 1. The molecule has 110 valence electrons. The number of ether oxygens (including phenoxy) is 1. The Balaban J connectivity index is 2.48. The number of rotatable bonds is 9. The van der Waals surface area contributed by atoms with Gasteiger partial charge in [-0.25, -0.2) is 4.98 Å². The van der Waals surface area contributed by atoms with Crippen molar-refractivity contribution in [2.75, 3.05) is 33.9 Å². The minimum atomic E-state index is 0.0757. The SMILES string of the molecule is COCCN(C)CCn1cncc1C(N)CC(C)C. The Morgan fingerprint density at radius 2 is 2.16 bits per heavy atom. The van der Waals surface area contributed by atoms with Gasteiger partial charge in [-0.2, -0.15) is 0 Å². The zero-order valence-corrected chi connectivity index (χ0v) is 12.7. The van der Waals surface area contributed by atoms with E-state index in [1.807, 2.05) is 12.5 Å².